The van der Waals surface area contributed by atoms with Crippen LogP contribution in [0.5, 0.6) is 0 Å². The number of hydrogen-bond acceptors (Lipinski definition) is 4. The van der Waals surface area contributed by atoms with Gasteiger partial charge in [0.2, 0.25) is 0 Å². The van der Waals surface area contributed by atoms with E-state index in [1.54, 1.807) is 12.3 Å². The first-order valence-corrected chi connectivity index (χ1v) is 4.98. The number of nitrogens with zero attached hydrogens (tertiary/aromatic N) is 1. The van der Waals surface area contributed by atoms with Crippen LogP contribution in [0.1, 0.15) is 5.56 Å². The highest BCUT2D eigenvalue weighted by atomic mass is 16.6. The van der Waals surface area contributed by atoms with Crippen LogP contribution in [0, 0.1) is 0 Å². The molecule has 0 saturated carbocycles. The zero-order valence-corrected chi connectivity index (χ0v) is 8.76. The monoisotopic (exact) mass is 215 g/mol. The number of nitrogen functional groups attached to an aromatic ring is 1. The lowest BCUT2D eigenvalue weighted by Crippen LogP contribution is -2.02. The fourth-order valence-corrected chi connectivity index (χ4v) is 1.29. The quantitative estimate of drug-likeness (QED) is 0.768. The van der Waals surface area contributed by atoms with Crippen LogP contribution in [-0.2, 0) is 11.4 Å². The minimum absolute atomic E-state index is 0.446. The molecular formula is C12H13N3O. The average molecular weight is 215 g/mol. The van der Waals surface area contributed by atoms with Crippen molar-refractivity contribution in [3.63, 3.8) is 0 Å². The Hall–Kier alpha value is -2.07. The van der Waals surface area contributed by atoms with Crippen molar-refractivity contribution < 1.29 is 4.84 Å². The summed E-state index contributed by atoms with van der Waals surface area (Å²) in [5.74, 6) is 0.501. The molecule has 1 heterocycles. The summed E-state index contributed by atoms with van der Waals surface area (Å²) in [7, 11) is 0. The molecule has 0 bridgehead atoms. The van der Waals surface area contributed by atoms with Crippen molar-refractivity contribution in [3.05, 3.63) is 54.2 Å². The number of nitrogens with two attached hydrogens (primary N) is 1. The third-order valence-electron chi connectivity index (χ3n) is 2.05. The molecule has 0 saturated heterocycles. The third kappa shape index (κ3) is 2.96. The van der Waals surface area contributed by atoms with Gasteiger partial charge in [0.25, 0.3) is 0 Å². The first-order chi connectivity index (χ1) is 7.84. The Bertz CT molecular complexity index is 445. The average Bonchev–Trinajstić information content (AvgIpc) is 2.30. The Balaban J connectivity index is 1.85. The maximum atomic E-state index is 5.55. The van der Waals surface area contributed by atoms with E-state index in [-0.39, 0.29) is 0 Å². The largest absolute Gasteiger partial charge is 0.384 e. The van der Waals surface area contributed by atoms with Crippen molar-refractivity contribution in [1.29, 1.82) is 0 Å². The molecule has 4 nitrogen and oxygen atoms in total. The normalized spacial score (nSPS) is 10.0. The second-order valence-electron chi connectivity index (χ2n) is 3.35. The Labute approximate surface area is 94.0 Å². The van der Waals surface area contributed by atoms with Gasteiger partial charge in [-0.05, 0) is 29.8 Å². The van der Waals surface area contributed by atoms with Crippen LogP contribution in [0.2, 0.25) is 0 Å². The third-order valence-corrected chi connectivity index (χ3v) is 2.05. The number of para-hydroxylation sites is 1. The van der Waals surface area contributed by atoms with E-state index in [2.05, 4.69) is 10.5 Å². The van der Waals surface area contributed by atoms with Gasteiger partial charge in [0.05, 0.1) is 12.3 Å². The van der Waals surface area contributed by atoms with Gasteiger partial charge in [-0.1, -0.05) is 18.2 Å². The summed E-state index contributed by atoms with van der Waals surface area (Å²) in [5.41, 5.74) is 10.3. The molecule has 2 aromatic rings. The topological polar surface area (TPSA) is 60.2 Å². The van der Waals surface area contributed by atoms with Crippen LogP contribution >= 0.6 is 0 Å². The maximum absolute atomic E-state index is 5.55. The standard InChI is InChI=1S/C12H13N3O/c13-12-8-10(6-7-14-12)9-16-15-11-4-2-1-3-5-11/h1-8,15H,9H2,(H2,13,14). The zero-order valence-electron chi connectivity index (χ0n) is 8.76. The number of anilines is 2. The fourth-order valence-electron chi connectivity index (χ4n) is 1.29. The van der Waals surface area contributed by atoms with E-state index in [1.165, 1.54) is 0 Å². The molecule has 0 aliphatic heterocycles. The van der Waals surface area contributed by atoms with Gasteiger partial charge >= 0.3 is 0 Å². The number of rotatable bonds is 4. The van der Waals surface area contributed by atoms with E-state index in [0.717, 1.165) is 11.3 Å². The molecule has 4 heteroatoms. The van der Waals surface area contributed by atoms with Crippen molar-refractivity contribution in [2.45, 2.75) is 6.61 Å². The molecular weight excluding hydrogens is 202 g/mol. The predicted molar refractivity (Wildman–Crippen MR) is 63.5 cm³/mol. The first kappa shape index (κ1) is 10.4. The molecule has 16 heavy (non-hydrogen) atoms. The molecule has 0 aliphatic carbocycles. The van der Waals surface area contributed by atoms with Gasteiger partial charge in [-0.25, -0.2) is 4.98 Å². The maximum Gasteiger partial charge on any atom is 0.123 e. The lowest BCUT2D eigenvalue weighted by molar-refractivity contribution is 0.180. The van der Waals surface area contributed by atoms with E-state index >= 15 is 0 Å². The minimum Gasteiger partial charge on any atom is -0.384 e. The van der Waals surface area contributed by atoms with Gasteiger partial charge in [0, 0.05) is 6.20 Å². The molecule has 0 unspecified atom stereocenters. The number of nitrogens with one attached hydrogen (secondary N) is 1. The molecule has 0 atom stereocenters. The number of benzene rings is 1. The summed E-state index contributed by atoms with van der Waals surface area (Å²) < 4.78 is 0. The number of hydrogen-bond donors (Lipinski definition) is 2. The van der Waals surface area contributed by atoms with Crippen molar-refractivity contribution in [1.82, 2.24) is 4.98 Å². The summed E-state index contributed by atoms with van der Waals surface area (Å²) in [4.78, 5) is 9.24. The van der Waals surface area contributed by atoms with Crippen LogP contribution in [-0.4, -0.2) is 4.98 Å². The molecule has 1 aromatic carbocycles. The molecule has 2 rings (SSSR count). The Morgan fingerprint density at radius 1 is 1.19 bits per heavy atom. The van der Waals surface area contributed by atoms with Gasteiger partial charge < -0.3 is 5.73 Å². The lowest BCUT2D eigenvalue weighted by Gasteiger charge is -2.06. The summed E-state index contributed by atoms with van der Waals surface area (Å²) in [6.07, 6.45) is 1.66. The highest BCUT2D eigenvalue weighted by Gasteiger charge is 1.95. The molecule has 0 radical (unpaired) electrons. The van der Waals surface area contributed by atoms with Crippen molar-refractivity contribution >= 4 is 11.5 Å². The van der Waals surface area contributed by atoms with Crippen LogP contribution in [0.25, 0.3) is 0 Å². The first-order valence-electron chi connectivity index (χ1n) is 4.98. The highest BCUT2D eigenvalue weighted by Crippen LogP contribution is 2.08. The molecule has 0 amide bonds. The second-order valence-corrected chi connectivity index (χ2v) is 3.35. The summed E-state index contributed by atoms with van der Waals surface area (Å²) in [6, 6.07) is 13.3. The van der Waals surface area contributed by atoms with E-state index in [9.17, 15) is 0 Å². The molecule has 0 fully saturated rings. The Morgan fingerprint density at radius 3 is 2.75 bits per heavy atom. The summed E-state index contributed by atoms with van der Waals surface area (Å²) in [6.45, 7) is 0.446. The summed E-state index contributed by atoms with van der Waals surface area (Å²) in [5, 5.41) is 0. The van der Waals surface area contributed by atoms with Gasteiger partial charge in [0.15, 0.2) is 0 Å². The van der Waals surface area contributed by atoms with Gasteiger partial charge in [0.1, 0.15) is 5.82 Å². The predicted octanol–water partition coefficient (Wildman–Crippen LogP) is 2.21. The van der Waals surface area contributed by atoms with Crippen LogP contribution in [0.3, 0.4) is 0 Å². The van der Waals surface area contributed by atoms with Crippen LogP contribution < -0.4 is 11.2 Å². The van der Waals surface area contributed by atoms with E-state index in [1.807, 2.05) is 36.4 Å². The lowest BCUT2D eigenvalue weighted by atomic mass is 10.3. The van der Waals surface area contributed by atoms with E-state index in [0.29, 0.717) is 12.4 Å². The second kappa shape index (κ2) is 5.14. The van der Waals surface area contributed by atoms with Crippen LogP contribution in [0.4, 0.5) is 11.5 Å². The zero-order chi connectivity index (χ0) is 11.2. The Kier molecular flexibility index (Phi) is 3.35. The number of pyridine rings is 1. The minimum atomic E-state index is 0.446. The van der Waals surface area contributed by atoms with Gasteiger partial charge in [-0.3, -0.25) is 10.3 Å². The van der Waals surface area contributed by atoms with Crippen molar-refractivity contribution in [3.8, 4) is 0 Å². The van der Waals surface area contributed by atoms with Gasteiger partial charge in [-0.15, -0.1) is 0 Å². The molecule has 1 aromatic heterocycles. The van der Waals surface area contributed by atoms with E-state index in [4.69, 9.17) is 10.6 Å². The van der Waals surface area contributed by atoms with Crippen molar-refractivity contribution in [2.24, 2.45) is 0 Å². The summed E-state index contributed by atoms with van der Waals surface area (Å²) >= 11 is 0. The highest BCUT2D eigenvalue weighted by molar-refractivity contribution is 5.40. The van der Waals surface area contributed by atoms with Crippen molar-refractivity contribution in [2.75, 3.05) is 11.2 Å². The fraction of sp³-hybridized carbons (Fsp3) is 0.0833. The van der Waals surface area contributed by atoms with Gasteiger partial charge in [-0.2, -0.15) is 0 Å². The van der Waals surface area contributed by atoms with Crippen LogP contribution in [0.15, 0.2) is 48.7 Å². The Morgan fingerprint density at radius 2 is 2.00 bits per heavy atom. The molecule has 0 spiro atoms. The molecule has 0 aliphatic rings. The SMILES string of the molecule is Nc1cc(CONc2ccccc2)ccn1. The smallest absolute Gasteiger partial charge is 0.123 e. The molecule has 3 N–H and O–H groups in total. The number of aromatic nitrogens is 1. The van der Waals surface area contributed by atoms with E-state index < -0.39 is 0 Å². The molecule has 82 valence electrons.